The standard InChI is InChI=1S/C17H25N3O3S/c1-13(2)11-14(3)18-19-17(21)15-7-6-8-16(12-15)24(22,23)20-9-4-5-10-20/h6-8,12-13H,4-5,9-11H2,1-3H3,(H,19,21)/b18-14-. The highest BCUT2D eigenvalue weighted by Gasteiger charge is 2.27. The zero-order valence-electron chi connectivity index (χ0n) is 14.4. The Kier molecular flexibility index (Phi) is 6.12. The van der Waals surface area contributed by atoms with Crippen LogP contribution in [0, 0.1) is 5.92 Å². The highest BCUT2D eigenvalue weighted by atomic mass is 32.2. The SMILES string of the molecule is C/C(CC(C)C)=N/NC(=O)c1cccc(S(=O)(=O)N2CCCC2)c1. The Labute approximate surface area is 144 Å². The van der Waals surface area contributed by atoms with E-state index in [4.69, 9.17) is 0 Å². The fourth-order valence-electron chi connectivity index (χ4n) is 2.72. The minimum Gasteiger partial charge on any atom is -0.267 e. The summed E-state index contributed by atoms with van der Waals surface area (Å²) in [7, 11) is -3.52. The van der Waals surface area contributed by atoms with Gasteiger partial charge in [-0.3, -0.25) is 4.79 Å². The molecule has 0 radical (unpaired) electrons. The number of carbonyl (C=O) groups is 1. The molecule has 24 heavy (non-hydrogen) atoms. The predicted octanol–water partition coefficient (Wildman–Crippen LogP) is 2.62. The Bertz CT molecular complexity index is 720. The Morgan fingerprint density at radius 3 is 2.58 bits per heavy atom. The summed E-state index contributed by atoms with van der Waals surface area (Å²) in [5.74, 6) is 0.0520. The van der Waals surface area contributed by atoms with Crippen LogP contribution in [-0.2, 0) is 10.0 Å². The summed E-state index contributed by atoms with van der Waals surface area (Å²) in [6.45, 7) is 7.09. The molecule has 1 amide bonds. The van der Waals surface area contributed by atoms with Gasteiger partial charge >= 0.3 is 0 Å². The monoisotopic (exact) mass is 351 g/mol. The zero-order chi connectivity index (χ0) is 17.7. The van der Waals surface area contributed by atoms with Gasteiger partial charge in [-0.2, -0.15) is 9.41 Å². The molecule has 0 saturated carbocycles. The van der Waals surface area contributed by atoms with E-state index in [1.165, 1.54) is 16.4 Å². The Morgan fingerprint density at radius 1 is 1.29 bits per heavy atom. The van der Waals surface area contributed by atoms with E-state index in [-0.39, 0.29) is 10.5 Å². The Hall–Kier alpha value is -1.73. The zero-order valence-corrected chi connectivity index (χ0v) is 15.3. The van der Waals surface area contributed by atoms with E-state index < -0.39 is 15.9 Å². The molecule has 2 rings (SSSR count). The molecule has 6 nitrogen and oxygen atoms in total. The topological polar surface area (TPSA) is 78.8 Å². The van der Waals surface area contributed by atoms with Crippen LogP contribution in [0.4, 0.5) is 0 Å². The lowest BCUT2D eigenvalue weighted by Crippen LogP contribution is -2.28. The Balaban J connectivity index is 2.13. The van der Waals surface area contributed by atoms with Crippen molar-refractivity contribution in [2.45, 2.75) is 44.9 Å². The average molecular weight is 351 g/mol. The quantitative estimate of drug-likeness (QED) is 0.632. The van der Waals surface area contributed by atoms with Gasteiger partial charge in [-0.1, -0.05) is 19.9 Å². The van der Waals surface area contributed by atoms with Gasteiger partial charge in [-0.05, 0) is 50.3 Å². The van der Waals surface area contributed by atoms with Gasteiger partial charge in [0.25, 0.3) is 5.91 Å². The normalized spacial score (nSPS) is 16.6. The summed E-state index contributed by atoms with van der Waals surface area (Å²) < 4.78 is 26.6. The molecule has 7 heteroatoms. The molecule has 1 heterocycles. The van der Waals surface area contributed by atoms with Crippen LogP contribution in [0.15, 0.2) is 34.3 Å². The Morgan fingerprint density at radius 2 is 1.96 bits per heavy atom. The van der Waals surface area contributed by atoms with Gasteiger partial charge in [0.15, 0.2) is 0 Å². The van der Waals surface area contributed by atoms with Crippen molar-refractivity contribution in [3.63, 3.8) is 0 Å². The molecule has 0 aromatic heterocycles. The van der Waals surface area contributed by atoms with Crippen LogP contribution >= 0.6 is 0 Å². The second-order valence-corrected chi connectivity index (χ2v) is 8.46. The number of nitrogens with one attached hydrogen (secondary N) is 1. The molecule has 0 atom stereocenters. The van der Waals surface area contributed by atoms with Crippen LogP contribution in [0.25, 0.3) is 0 Å². The number of carbonyl (C=O) groups excluding carboxylic acids is 1. The third-order valence-corrected chi connectivity index (χ3v) is 5.75. The van der Waals surface area contributed by atoms with Crippen molar-refractivity contribution in [1.29, 1.82) is 0 Å². The molecular weight excluding hydrogens is 326 g/mol. The highest BCUT2D eigenvalue weighted by Crippen LogP contribution is 2.21. The first-order valence-corrected chi connectivity index (χ1v) is 9.68. The molecule has 1 N–H and O–H groups in total. The molecule has 1 aliphatic rings. The minimum atomic E-state index is -3.52. The largest absolute Gasteiger partial charge is 0.271 e. The van der Waals surface area contributed by atoms with Crippen molar-refractivity contribution >= 4 is 21.6 Å². The molecule has 0 bridgehead atoms. The number of amides is 1. The molecule has 0 spiro atoms. The van der Waals surface area contributed by atoms with Gasteiger partial charge in [-0.15, -0.1) is 0 Å². The van der Waals surface area contributed by atoms with E-state index in [9.17, 15) is 13.2 Å². The second kappa shape index (κ2) is 7.90. The third kappa shape index (κ3) is 4.64. The van der Waals surface area contributed by atoms with E-state index in [1.807, 2.05) is 6.92 Å². The predicted molar refractivity (Wildman–Crippen MR) is 94.5 cm³/mol. The van der Waals surface area contributed by atoms with Gasteiger partial charge < -0.3 is 0 Å². The first-order chi connectivity index (χ1) is 11.3. The van der Waals surface area contributed by atoms with E-state index in [1.54, 1.807) is 12.1 Å². The van der Waals surface area contributed by atoms with Crippen molar-refractivity contribution < 1.29 is 13.2 Å². The lowest BCUT2D eigenvalue weighted by atomic mass is 10.1. The maximum atomic E-state index is 12.6. The second-order valence-electron chi connectivity index (χ2n) is 6.53. The highest BCUT2D eigenvalue weighted by molar-refractivity contribution is 7.89. The van der Waals surface area contributed by atoms with Gasteiger partial charge in [0.2, 0.25) is 10.0 Å². The number of rotatable bonds is 6. The number of hydrogen-bond acceptors (Lipinski definition) is 4. The number of hydrazone groups is 1. The molecule has 132 valence electrons. The van der Waals surface area contributed by atoms with Crippen molar-refractivity contribution in [2.24, 2.45) is 11.0 Å². The lowest BCUT2D eigenvalue weighted by Gasteiger charge is -2.15. The van der Waals surface area contributed by atoms with E-state index in [0.717, 1.165) is 25.0 Å². The third-order valence-electron chi connectivity index (χ3n) is 3.85. The maximum absolute atomic E-state index is 12.6. The fraction of sp³-hybridized carbons (Fsp3) is 0.529. The maximum Gasteiger partial charge on any atom is 0.271 e. The minimum absolute atomic E-state index is 0.153. The summed E-state index contributed by atoms with van der Waals surface area (Å²) in [4.78, 5) is 12.4. The molecular formula is C17H25N3O3S. The van der Waals surface area contributed by atoms with Gasteiger partial charge in [0, 0.05) is 24.4 Å². The molecule has 1 aromatic rings. The summed E-state index contributed by atoms with van der Waals surface area (Å²) in [6.07, 6.45) is 2.55. The molecule has 1 saturated heterocycles. The van der Waals surface area contributed by atoms with Gasteiger partial charge in [0.05, 0.1) is 4.90 Å². The summed E-state index contributed by atoms with van der Waals surface area (Å²) in [6, 6.07) is 6.11. The van der Waals surface area contributed by atoms with E-state index in [2.05, 4.69) is 24.4 Å². The number of sulfonamides is 1. The summed E-state index contributed by atoms with van der Waals surface area (Å²) in [5, 5.41) is 4.07. The van der Waals surface area contributed by atoms with Crippen molar-refractivity contribution in [1.82, 2.24) is 9.73 Å². The first-order valence-electron chi connectivity index (χ1n) is 8.24. The van der Waals surface area contributed by atoms with Gasteiger partial charge in [-0.25, -0.2) is 13.8 Å². The summed E-state index contributed by atoms with van der Waals surface area (Å²) in [5.41, 5.74) is 3.61. The van der Waals surface area contributed by atoms with Crippen LogP contribution in [0.1, 0.15) is 50.4 Å². The van der Waals surface area contributed by atoms with Crippen molar-refractivity contribution in [2.75, 3.05) is 13.1 Å². The van der Waals surface area contributed by atoms with E-state index >= 15 is 0 Å². The lowest BCUT2D eigenvalue weighted by molar-refractivity contribution is 0.0954. The van der Waals surface area contributed by atoms with Crippen molar-refractivity contribution in [3.8, 4) is 0 Å². The number of benzene rings is 1. The molecule has 1 aromatic carbocycles. The average Bonchev–Trinajstić information content (AvgIpc) is 3.07. The smallest absolute Gasteiger partial charge is 0.267 e. The summed E-state index contributed by atoms with van der Waals surface area (Å²) >= 11 is 0. The molecule has 0 unspecified atom stereocenters. The van der Waals surface area contributed by atoms with Crippen LogP contribution < -0.4 is 5.43 Å². The first kappa shape index (κ1) is 18.6. The molecule has 1 aliphatic heterocycles. The van der Waals surface area contributed by atoms with Crippen LogP contribution in [-0.4, -0.2) is 37.4 Å². The van der Waals surface area contributed by atoms with Crippen LogP contribution in [0.5, 0.6) is 0 Å². The van der Waals surface area contributed by atoms with Crippen LogP contribution in [0.2, 0.25) is 0 Å². The number of hydrogen-bond donors (Lipinski definition) is 1. The molecule has 1 fully saturated rings. The van der Waals surface area contributed by atoms with Gasteiger partial charge in [0.1, 0.15) is 0 Å². The fourth-order valence-corrected chi connectivity index (χ4v) is 4.29. The van der Waals surface area contributed by atoms with E-state index in [0.29, 0.717) is 19.0 Å². The molecule has 0 aliphatic carbocycles. The van der Waals surface area contributed by atoms with Crippen LogP contribution in [0.3, 0.4) is 0 Å². The number of nitrogens with zero attached hydrogens (tertiary/aromatic N) is 2. The van der Waals surface area contributed by atoms with Crippen molar-refractivity contribution in [3.05, 3.63) is 29.8 Å².